The lowest BCUT2D eigenvalue weighted by Crippen LogP contribution is -2.24. The van der Waals surface area contributed by atoms with Gasteiger partial charge in [-0.1, -0.05) is 32.1 Å². The van der Waals surface area contributed by atoms with Crippen molar-refractivity contribution in [1.29, 1.82) is 0 Å². The van der Waals surface area contributed by atoms with Crippen molar-refractivity contribution in [3.63, 3.8) is 0 Å². The van der Waals surface area contributed by atoms with Crippen LogP contribution in [0.2, 0.25) is 0 Å². The van der Waals surface area contributed by atoms with Gasteiger partial charge in [-0.3, -0.25) is 0 Å². The molecular weight excluding hydrogens is 188 g/mol. The minimum absolute atomic E-state index is 0.995. The SMILES string of the molecule is CSC1CCC(C2CCCCC2)CC1. The second kappa shape index (κ2) is 5.44. The van der Waals surface area contributed by atoms with Gasteiger partial charge in [0.15, 0.2) is 0 Å². The molecule has 0 amide bonds. The van der Waals surface area contributed by atoms with Crippen molar-refractivity contribution >= 4 is 11.8 Å². The molecule has 0 saturated heterocycles. The quantitative estimate of drug-likeness (QED) is 0.650. The fourth-order valence-corrected chi connectivity index (χ4v) is 4.14. The van der Waals surface area contributed by atoms with Crippen LogP contribution in [0.4, 0.5) is 0 Å². The third-order valence-corrected chi connectivity index (χ3v) is 5.51. The van der Waals surface area contributed by atoms with Gasteiger partial charge >= 0.3 is 0 Å². The Morgan fingerprint density at radius 2 is 1.29 bits per heavy atom. The molecule has 0 aliphatic heterocycles. The van der Waals surface area contributed by atoms with Crippen LogP contribution >= 0.6 is 11.8 Å². The first kappa shape index (κ1) is 10.9. The van der Waals surface area contributed by atoms with Crippen molar-refractivity contribution in [2.45, 2.75) is 63.0 Å². The molecule has 82 valence electrons. The van der Waals surface area contributed by atoms with Crippen molar-refractivity contribution in [1.82, 2.24) is 0 Å². The third-order valence-electron chi connectivity index (χ3n) is 4.37. The Morgan fingerprint density at radius 3 is 1.86 bits per heavy atom. The summed E-state index contributed by atoms with van der Waals surface area (Å²) in [6.07, 6.45) is 16.0. The summed E-state index contributed by atoms with van der Waals surface area (Å²) in [6.45, 7) is 0. The average molecular weight is 212 g/mol. The molecule has 0 atom stereocenters. The number of hydrogen-bond acceptors (Lipinski definition) is 1. The number of rotatable bonds is 2. The minimum atomic E-state index is 0.995. The highest BCUT2D eigenvalue weighted by atomic mass is 32.2. The molecule has 2 rings (SSSR count). The second-order valence-corrected chi connectivity index (χ2v) is 6.31. The van der Waals surface area contributed by atoms with E-state index in [0.717, 1.165) is 17.1 Å². The van der Waals surface area contributed by atoms with E-state index in [2.05, 4.69) is 18.0 Å². The summed E-state index contributed by atoms with van der Waals surface area (Å²) in [5.74, 6) is 2.23. The predicted octanol–water partition coefficient (Wildman–Crippen LogP) is 4.49. The Balaban J connectivity index is 1.76. The van der Waals surface area contributed by atoms with Gasteiger partial charge in [-0.2, -0.15) is 11.8 Å². The topological polar surface area (TPSA) is 0 Å². The minimum Gasteiger partial charge on any atom is -0.162 e. The summed E-state index contributed by atoms with van der Waals surface area (Å²) in [5, 5.41) is 0.995. The maximum absolute atomic E-state index is 2.28. The Morgan fingerprint density at radius 1 is 0.714 bits per heavy atom. The predicted molar refractivity (Wildman–Crippen MR) is 65.8 cm³/mol. The van der Waals surface area contributed by atoms with E-state index in [1.807, 2.05) is 0 Å². The van der Waals surface area contributed by atoms with Crippen LogP contribution in [0.1, 0.15) is 57.8 Å². The third kappa shape index (κ3) is 2.68. The summed E-state index contributed by atoms with van der Waals surface area (Å²) >= 11 is 2.09. The van der Waals surface area contributed by atoms with Crippen LogP contribution in [0.25, 0.3) is 0 Å². The van der Waals surface area contributed by atoms with E-state index in [1.165, 1.54) is 44.9 Å². The molecule has 0 aromatic carbocycles. The Bertz CT molecular complexity index is 153. The Labute approximate surface area is 93.2 Å². The van der Waals surface area contributed by atoms with Crippen LogP contribution < -0.4 is 0 Å². The molecule has 0 heterocycles. The Hall–Kier alpha value is 0.350. The molecule has 0 unspecified atom stereocenters. The first-order valence-corrected chi connectivity index (χ1v) is 7.71. The molecule has 2 saturated carbocycles. The maximum Gasteiger partial charge on any atom is 0.00444 e. The lowest BCUT2D eigenvalue weighted by molar-refractivity contribution is 0.198. The average Bonchev–Trinajstić information content (AvgIpc) is 2.30. The number of thioether (sulfide) groups is 1. The summed E-state index contributed by atoms with van der Waals surface area (Å²) in [7, 11) is 0. The first-order chi connectivity index (χ1) is 6.90. The molecule has 2 aliphatic carbocycles. The molecule has 0 aromatic rings. The molecule has 0 nitrogen and oxygen atoms in total. The summed E-state index contributed by atoms with van der Waals surface area (Å²) in [6, 6.07) is 0. The van der Waals surface area contributed by atoms with Crippen molar-refractivity contribution in [3.05, 3.63) is 0 Å². The van der Waals surface area contributed by atoms with Crippen molar-refractivity contribution in [3.8, 4) is 0 Å². The van der Waals surface area contributed by atoms with Gasteiger partial charge in [-0.25, -0.2) is 0 Å². The van der Waals surface area contributed by atoms with E-state index in [-0.39, 0.29) is 0 Å². The Kier molecular flexibility index (Phi) is 4.22. The van der Waals surface area contributed by atoms with Crippen LogP contribution in [0, 0.1) is 11.8 Å². The fraction of sp³-hybridized carbons (Fsp3) is 1.00. The molecule has 1 heteroatoms. The summed E-state index contributed by atoms with van der Waals surface area (Å²) in [4.78, 5) is 0. The molecule has 0 spiro atoms. The molecular formula is C13H24S. The van der Waals surface area contributed by atoms with Crippen LogP contribution in [-0.4, -0.2) is 11.5 Å². The highest BCUT2D eigenvalue weighted by Crippen LogP contribution is 2.40. The van der Waals surface area contributed by atoms with E-state index in [0.29, 0.717) is 0 Å². The van der Waals surface area contributed by atoms with Gasteiger partial charge in [0.2, 0.25) is 0 Å². The molecule has 2 aliphatic rings. The lowest BCUT2D eigenvalue weighted by Gasteiger charge is -2.35. The largest absolute Gasteiger partial charge is 0.162 e. The van der Waals surface area contributed by atoms with Crippen molar-refractivity contribution in [2.24, 2.45) is 11.8 Å². The smallest absolute Gasteiger partial charge is 0.00444 e. The van der Waals surface area contributed by atoms with Crippen LogP contribution in [-0.2, 0) is 0 Å². The normalized spacial score (nSPS) is 35.8. The van der Waals surface area contributed by atoms with Gasteiger partial charge in [0, 0.05) is 5.25 Å². The lowest BCUT2D eigenvalue weighted by atomic mass is 9.73. The molecule has 2 fully saturated rings. The number of hydrogen-bond donors (Lipinski definition) is 0. The maximum atomic E-state index is 2.28. The summed E-state index contributed by atoms with van der Waals surface area (Å²) in [5.41, 5.74) is 0. The van der Waals surface area contributed by atoms with E-state index >= 15 is 0 Å². The molecule has 14 heavy (non-hydrogen) atoms. The van der Waals surface area contributed by atoms with E-state index in [9.17, 15) is 0 Å². The first-order valence-electron chi connectivity index (χ1n) is 6.43. The second-order valence-electron chi connectivity index (χ2n) is 5.17. The molecule has 0 N–H and O–H groups in total. The molecule has 0 radical (unpaired) electrons. The zero-order valence-corrected chi connectivity index (χ0v) is 10.3. The molecule has 0 aromatic heterocycles. The summed E-state index contributed by atoms with van der Waals surface area (Å²) < 4.78 is 0. The van der Waals surface area contributed by atoms with Gasteiger partial charge in [0.25, 0.3) is 0 Å². The van der Waals surface area contributed by atoms with E-state index < -0.39 is 0 Å². The zero-order chi connectivity index (χ0) is 9.80. The standard InChI is InChI=1S/C13H24S/c1-14-13-9-7-12(8-10-13)11-5-3-2-4-6-11/h11-13H,2-10H2,1H3. The van der Waals surface area contributed by atoms with Gasteiger partial charge in [-0.05, 0) is 43.8 Å². The van der Waals surface area contributed by atoms with E-state index in [1.54, 1.807) is 12.8 Å². The van der Waals surface area contributed by atoms with Gasteiger partial charge in [0.05, 0.1) is 0 Å². The van der Waals surface area contributed by atoms with Gasteiger partial charge < -0.3 is 0 Å². The zero-order valence-electron chi connectivity index (χ0n) is 9.50. The van der Waals surface area contributed by atoms with E-state index in [4.69, 9.17) is 0 Å². The van der Waals surface area contributed by atoms with Crippen molar-refractivity contribution < 1.29 is 0 Å². The van der Waals surface area contributed by atoms with Gasteiger partial charge in [-0.15, -0.1) is 0 Å². The molecule has 0 bridgehead atoms. The van der Waals surface area contributed by atoms with Crippen molar-refractivity contribution in [2.75, 3.05) is 6.26 Å². The van der Waals surface area contributed by atoms with Crippen LogP contribution in [0.5, 0.6) is 0 Å². The van der Waals surface area contributed by atoms with Gasteiger partial charge in [0.1, 0.15) is 0 Å². The monoisotopic (exact) mass is 212 g/mol. The van der Waals surface area contributed by atoms with Crippen LogP contribution in [0.15, 0.2) is 0 Å². The highest BCUT2D eigenvalue weighted by Gasteiger charge is 2.27. The fourth-order valence-electron chi connectivity index (χ4n) is 3.40. The highest BCUT2D eigenvalue weighted by molar-refractivity contribution is 7.99. The van der Waals surface area contributed by atoms with Crippen LogP contribution in [0.3, 0.4) is 0 Å².